The predicted molar refractivity (Wildman–Crippen MR) is 133 cm³/mol. The molecule has 0 aliphatic carbocycles. The average molecular weight is 521 g/mol. The molecule has 0 saturated carbocycles. The molecule has 0 aliphatic rings. The fraction of sp³-hybridized carbons (Fsp3) is 0.500. The molecular weight excluding hydrogens is 483 g/mol. The van der Waals surface area contributed by atoms with Crippen molar-refractivity contribution in [3.05, 3.63) is 59.8 Å². The lowest BCUT2D eigenvalue weighted by Crippen LogP contribution is -2.32. The normalized spacial score (nSPS) is 12.7. The number of carbonyl (C=O) groups is 2. The summed E-state index contributed by atoms with van der Waals surface area (Å²) in [5.74, 6) is -1.58. The summed E-state index contributed by atoms with van der Waals surface area (Å²) < 4.78 is 62.4. The van der Waals surface area contributed by atoms with Gasteiger partial charge in [-0.3, -0.25) is 14.6 Å². The Morgan fingerprint density at radius 1 is 1.11 bits per heavy atom. The number of Topliss-reactive ketones (excluding diaryl/α,β-unsaturated/α-hetero) is 1. The van der Waals surface area contributed by atoms with Gasteiger partial charge < -0.3 is 10.8 Å². The number of nitrogens with zero attached hydrogens (tertiary/aromatic N) is 1. The maximum absolute atomic E-state index is 13.5. The van der Waals surface area contributed by atoms with E-state index in [1.165, 1.54) is 19.1 Å². The van der Waals surface area contributed by atoms with E-state index < -0.39 is 23.7 Å². The van der Waals surface area contributed by atoms with Gasteiger partial charge in [0.05, 0.1) is 0 Å². The standard InChI is InChI=1S/C15H23F2N.C9H10F3NO.C2H4O2/c1-3-5-11(6-4-2)15(18)10-12-9-13(16)7-8-14(12)17;1-4-8(6(2)14)5-13-7(3)9(10,11)12;1-2(3)4/h7-9,11,15H,3-6,10,18H2,1-2H3;4-5H,1H2,2-3H3;1H3,(H,3,4)/b;8-5+,13-7?;. The van der Waals surface area contributed by atoms with Crippen molar-refractivity contribution < 1.29 is 36.6 Å². The van der Waals surface area contributed by atoms with Crippen LogP contribution in [0, 0.1) is 17.6 Å². The third-order valence-electron chi connectivity index (χ3n) is 4.82. The Morgan fingerprint density at radius 2 is 1.61 bits per heavy atom. The van der Waals surface area contributed by atoms with Gasteiger partial charge in [-0.25, -0.2) is 8.78 Å². The van der Waals surface area contributed by atoms with Crippen molar-refractivity contribution in [2.75, 3.05) is 0 Å². The van der Waals surface area contributed by atoms with Crippen LogP contribution in [0.1, 0.15) is 65.9 Å². The number of halogens is 5. The molecule has 0 spiro atoms. The first-order chi connectivity index (χ1) is 16.6. The zero-order valence-electron chi connectivity index (χ0n) is 21.5. The molecule has 0 amide bonds. The van der Waals surface area contributed by atoms with Crippen LogP contribution in [0.2, 0.25) is 0 Å². The highest BCUT2D eigenvalue weighted by atomic mass is 19.4. The van der Waals surface area contributed by atoms with Gasteiger partial charge in [-0.15, -0.1) is 0 Å². The zero-order valence-corrected chi connectivity index (χ0v) is 21.5. The Bertz CT molecular complexity index is 886. The molecule has 36 heavy (non-hydrogen) atoms. The predicted octanol–water partition coefficient (Wildman–Crippen LogP) is 6.81. The number of aliphatic carboxylic acids is 1. The van der Waals surface area contributed by atoms with Crippen molar-refractivity contribution in [3.63, 3.8) is 0 Å². The number of hydrogen-bond donors (Lipinski definition) is 2. The Morgan fingerprint density at radius 3 is 2.00 bits per heavy atom. The molecule has 10 heteroatoms. The number of alkyl halides is 3. The quantitative estimate of drug-likeness (QED) is 0.153. The Hall–Kier alpha value is -2.88. The van der Waals surface area contributed by atoms with Crippen molar-refractivity contribution in [2.45, 2.75) is 78.9 Å². The number of nitrogens with two attached hydrogens (primary N) is 1. The Kier molecular flexibility index (Phi) is 18.0. The van der Waals surface area contributed by atoms with Crippen molar-refractivity contribution in [2.24, 2.45) is 16.6 Å². The van der Waals surface area contributed by atoms with E-state index in [4.69, 9.17) is 15.6 Å². The summed E-state index contributed by atoms with van der Waals surface area (Å²) in [6.45, 7) is 10.7. The van der Waals surface area contributed by atoms with Crippen LogP contribution >= 0.6 is 0 Å². The molecular formula is C26H37F5N2O3. The number of allylic oxidation sites excluding steroid dienone is 2. The minimum atomic E-state index is -4.46. The van der Waals surface area contributed by atoms with E-state index in [1.807, 2.05) is 0 Å². The monoisotopic (exact) mass is 520 g/mol. The van der Waals surface area contributed by atoms with E-state index in [9.17, 15) is 26.7 Å². The third-order valence-corrected chi connectivity index (χ3v) is 4.82. The fourth-order valence-corrected chi connectivity index (χ4v) is 2.96. The second kappa shape index (κ2) is 18.4. The average Bonchev–Trinajstić information content (AvgIpc) is 2.75. The molecule has 204 valence electrons. The van der Waals surface area contributed by atoms with Gasteiger partial charge in [-0.05, 0) is 62.8 Å². The van der Waals surface area contributed by atoms with Gasteiger partial charge in [0, 0.05) is 24.7 Å². The molecule has 1 unspecified atom stereocenters. The fourth-order valence-electron chi connectivity index (χ4n) is 2.96. The number of benzene rings is 1. The summed E-state index contributed by atoms with van der Waals surface area (Å²) in [6.07, 6.45) is 2.22. The van der Waals surface area contributed by atoms with Gasteiger partial charge in [-0.1, -0.05) is 39.3 Å². The van der Waals surface area contributed by atoms with Gasteiger partial charge in [0.2, 0.25) is 0 Å². The molecule has 1 aromatic carbocycles. The summed E-state index contributed by atoms with van der Waals surface area (Å²) in [7, 11) is 0. The second-order valence-corrected chi connectivity index (χ2v) is 8.02. The third kappa shape index (κ3) is 16.7. The smallest absolute Gasteiger partial charge is 0.429 e. The van der Waals surface area contributed by atoms with Crippen LogP contribution in [0.4, 0.5) is 22.0 Å². The number of carboxylic acid groups (broad SMARTS) is 1. The number of carbonyl (C=O) groups excluding carboxylic acids is 1. The molecule has 0 heterocycles. The second-order valence-electron chi connectivity index (χ2n) is 8.02. The van der Waals surface area contributed by atoms with Crippen LogP contribution in [0.25, 0.3) is 0 Å². The van der Waals surface area contributed by atoms with Crippen LogP contribution in [0.5, 0.6) is 0 Å². The Balaban J connectivity index is 0. The first-order valence-electron chi connectivity index (χ1n) is 11.4. The summed E-state index contributed by atoms with van der Waals surface area (Å²) >= 11 is 0. The van der Waals surface area contributed by atoms with E-state index in [-0.39, 0.29) is 23.2 Å². The van der Waals surface area contributed by atoms with E-state index >= 15 is 0 Å². The molecule has 1 rings (SSSR count). The maximum Gasteiger partial charge on any atom is 0.429 e. The molecule has 0 radical (unpaired) electrons. The largest absolute Gasteiger partial charge is 0.481 e. The van der Waals surface area contributed by atoms with Crippen molar-refractivity contribution in [3.8, 4) is 0 Å². The molecule has 3 N–H and O–H groups in total. The van der Waals surface area contributed by atoms with Gasteiger partial charge in [0.1, 0.15) is 17.3 Å². The summed E-state index contributed by atoms with van der Waals surface area (Å²) in [5, 5.41) is 7.42. The van der Waals surface area contributed by atoms with Gasteiger partial charge in [0.25, 0.3) is 5.97 Å². The first-order valence-corrected chi connectivity index (χ1v) is 11.4. The molecule has 5 nitrogen and oxygen atoms in total. The minimum Gasteiger partial charge on any atom is -0.481 e. The number of aliphatic imine (C=N–C) groups is 1. The molecule has 0 fully saturated rings. The first kappa shape index (κ1) is 35.3. The Labute approximate surface area is 210 Å². The van der Waals surface area contributed by atoms with Crippen molar-refractivity contribution in [1.29, 1.82) is 0 Å². The molecule has 0 aromatic heterocycles. The summed E-state index contributed by atoms with van der Waals surface area (Å²) in [4.78, 5) is 22.9. The SMILES string of the molecule is C=C/C(=C\N=C(C)C(F)(F)F)C(C)=O.CC(=O)O.CCCC(CCC)C(N)Cc1cc(F)ccc1F. The van der Waals surface area contributed by atoms with E-state index in [2.05, 4.69) is 25.4 Å². The van der Waals surface area contributed by atoms with Crippen LogP contribution in [-0.4, -0.2) is 34.8 Å². The zero-order chi connectivity index (χ0) is 28.5. The summed E-state index contributed by atoms with van der Waals surface area (Å²) in [6, 6.07) is 3.47. The highest BCUT2D eigenvalue weighted by molar-refractivity contribution is 5.96. The number of ketones is 1. The summed E-state index contributed by atoms with van der Waals surface area (Å²) in [5.41, 5.74) is 5.59. The van der Waals surface area contributed by atoms with Crippen LogP contribution < -0.4 is 5.73 Å². The van der Waals surface area contributed by atoms with E-state index in [0.29, 0.717) is 17.9 Å². The van der Waals surface area contributed by atoms with Crippen LogP contribution in [-0.2, 0) is 16.0 Å². The number of hydrogen-bond acceptors (Lipinski definition) is 4. The van der Waals surface area contributed by atoms with Crippen LogP contribution in [0.3, 0.4) is 0 Å². The maximum atomic E-state index is 13.5. The highest BCUT2D eigenvalue weighted by Gasteiger charge is 2.31. The van der Waals surface area contributed by atoms with Gasteiger partial charge >= 0.3 is 6.18 Å². The van der Waals surface area contributed by atoms with Crippen molar-refractivity contribution >= 4 is 17.5 Å². The molecule has 0 saturated heterocycles. The van der Waals surface area contributed by atoms with E-state index in [0.717, 1.165) is 57.9 Å². The lowest BCUT2D eigenvalue weighted by atomic mass is 9.87. The number of rotatable bonds is 10. The van der Waals surface area contributed by atoms with E-state index in [1.54, 1.807) is 0 Å². The minimum absolute atomic E-state index is 0.0496. The lowest BCUT2D eigenvalue weighted by molar-refractivity contribution is -0.134. The van der Waals surface area contributed by atoms with Gasteiger partial charge in [-0.2, -0.15) is 13.2 Å². The molecule has 1 aromatic rings. The lowest BCUT2D eigenvalue weighted by Gasteiger charge is -2.23. The highest BCUT2D eigenvalue weighted by Crippen LogP contribution is 2.21. The van der Waals surface area contributed by atoms with Gasteiger partial charge in [0.15, 0.2) is 5.78 Å². The molecule has 0 aliphatic heterocycles. The molecule has 0 bridgehead atoms. The van der Waals surface area contributed by atoms with Crippen LogP contribution in [0.15, 0.2) is 47.6 Å². The number of carboxylic acids is 1. The van der Waals surface area contributed by atoms with Crippen molar-refractivity contribution in [1.82, 2.24) is 0 Å². The molecule has 1 atom stereocenters. The topological polar surface area (TPSA) is 92.8 Å².